The Morgan fingerprint density at radius 2 is 1.94 bits per heavy atom. The van der Waals surface area contributed by atoms with Crippen LogP contribution in [0, 0.1) is 66.7 Å². The molecule has 0 amide bonds. The fourth-order valence-electron chi connectivity index (χ4n) is 3.24. The molecule has 0 nitrogen and oxygen atoms in total. The second-order valence-electron chi connectivity index (χ2n) is 5.52. The van der Waals surface area contributed by atoms with Gasteiger partial charge in [0, 0.05) is 5.82 Å². The molecule has 1 aromatic rings. The summed E-state index contributed by atoms with van der Waals surface area (Å²) in [6, 6.07) is 8.49. The zero-order chi connectivity index (χ0) is 12.3. The SMILES string of the molecule is CC1C[CH-]CC12CCC2C.Fc1cc[c-]cc1.[U+2]. The summed E-state index contributed by atoms with van der Waals surface area (Å²) in [6.45, 7) is 4.86. The standard InChI is InChI=1S/C10H17.C6H4F.U/c1-8-4-3-6-10(8)7-5-9(10)2;7-6-4-2-1-3-5-6;/h3,8-9H,4-7H2,1-2H3;2-5H;/q2*-1;+2. The van der Waals surface area contributed by atoms with Gasteiger partial charge in [0.05, 0.1) is 0 Å². The van der Waals surface area contributed by atoms with Crippen LogP contribution in [0.2, 0.25) is 0 Å². The van der Waals surface area contributed by atoms with Gasteiger partial charge < -0.3 is 6.42 Å². The number of hydrogen-bond donors (Lipinski definition) is 0. The predicted molar refractivity (Wildman–Crippen MR) is 68.8 cm³/mol. The number of benzene rings is 1. The first-order valence-electron chi connectivity index (χ1n) is 6.58. The number of rotatable bonds is 0. The normalized spacial score (nSPS) is 33.1. The van der Waals surface area contributed by atoms with Crippen molar-refractivity contribution in [1.82, 2.24) is 0 Å². The molecule has 2 aliphatic carbocycles. The van der Waals surface area contributed by atoms with Crippen molar-refractivity contribution in [2.24, 2.45) is 17.3 Å². The molecule has 0 aliphatic heterocycles. The zero-order valence-corrected chi connectivity index (χ0v) is 15.4. The van der Waals surface area contributed by atoms with E-state index in [9.17, 15) is 4.39 Å². The van der Waals surface area contributed by atoms with Gasteiger partial charge >= 0.3 is 31.1 Å². The van der Waals surface area contributed by atoms with Crippen LogP contribution in [-0.4, -0.2) is 0 Å². The van der Waals surface area contributed by atoms with Gasteiger partial charge in [0.1, 0.15) is 0 Å². The first-order chi connectivity index (χ1) is 8.15. The summed E-state index contributed by atoms with van der Waals surface area (Å²) in [6.07, 6.45) is 8.28. The van der Waals surface area contributed by atoms with E-state index < -0.39 is 0 Å². The van der Waals surface area contributed by atoms with Gasteiger partial charge in [-0.25, -0.2) is 4.39 Å². The Morgan fingerprint density at radius 1 is 1.28 bits per heavy atom. The molecule has 1 aromatic carbocycles. The summed E-state index contributed by atoms with van der Waals surface area (Å²) in [5.74, 6) is 1.79. The fraction of sp³-hybridized carbons (Fsp3) is 0.562. The summed E-state index contributed by atoms with van der Waals surface area (Å²) < 4.78 is 11.9. The molecule has 2 fully saturated rings. The number of halogens is 1. The topological polar surface area (TPSA) is 0 Å². The first-order valence-corrected chi connectivity index (χ1v) is 6.58. The maximum atomic E-state index is 11.9. The number of hydrogen-bond acceptors (Lipinski definition) is 0. The zero-order valence-electron chi connectivity index (χ0n) is 11.2. The van der Waals surface area contributed by atoms with Gasteiger partial charge in [-0.05, 0) is 18.8 Å². The van der Waals surface area contributed by atoms with Crippen LogP contribution in [0.15, 0.2) is 24.3 Å². The third-order valence-electron chi connectivity index (χ3n) is 4.73. The average Bonchev–Trinajstić information content (AvgIpc) is 2.73. The summed E-state index contributed by atoms with van der Waals surface area (Å²) in [7, 11) is 0. The Morgan fingerprint density at radius 3 is 2.17 bits per heavy atom. The van der Waals surface area contributed by atoms with E-state index in [0.29, 0.717) is 0 Å². The van der Waals surface area contributed by atoms with Crippen molar-refractivity contribution in [1.29, 1.82) is 0 Å². The van der Waals surface area contributed by atoms with Crippen LogP contribution in [-0.2, 0) is 0 Å². The van der Waals surface area contributed by atoms with Crippen molar-refractivity contribution >= 4 is 0 Å². The maximum absolute atomic E-state index is 11.9. The minimum absolute atomic E-state index is 0. The molecule has 2 saturated carbocycles. The average molecular weight is 470 g/mol. The Hall–Kier alpha value is 0.202. The van der Waals surface area contributed by atoms with E-state index in [1.54, 1.807) is 0 Å². The third kappa shape index (κ3) is 3.40. The molecule has 0 bridgehead atoms. The van der Waals surface area contributed by atoms with Crippen LogP contribution < -0.4 is 0 Å². The van der Waals surface area contributed by atoms with Crippen LogP contribution in [0.25, 0.3) is 0 Å². The van der Waals surface area contributed by atoms with Gasteiger partial charge in [-0.15, -0.1) is 12.1 Å². The summed E-state index contributed by atoms with van der Waals surface area (Å²) in [4.78, 5) is 0. The minimum atomic E-state index is -0.209. The van der Waals surface area contributed by atoms with Gasteiger partial charge in [0.15, 0.2) is 0 Å². The summed E-state index contributed by atoms with van der Waals surface area (Å²) >= 11 is 0. The maximum Gasteiger partial charge on any atom is 2.00 e. The predicted octanol–water partition coefficient (Wildman–Crippen LogP) is 4.66. The molecule has 0 heterocycles. The van der Waals surface area contributed by atoms with Crippen LogP contribution in [0.5, 0.6) is 0 Å². The van der Waals surface area contributed by atoms with Crippen molar-refractivity contribution in [3.8, 4) is 0 Å². The molecular formula is C16H21FU. The van der Waals surface area contributed by atoms with Gasteiger partial charge in [-0.2, -0.15) is 31.0 Å². The monoisotopic (exact) mass is 470 g/mol. The summed E-state index contributed by atoms with van der Waals surface area (Å²) in [5, 5.41) is 0. The van der Waals surface area contributed by atoms with E-state index in [1.165, 1.54) is 49.9 Å². The molecule has 1 spiro atoms. The van der Waals surface area contributed by atoms with Crippen LogP contribution in [0.4, 0.5) is 4.39 Å². The minimum Gasteiger partial charge on any atom is -0.328 e. The molecule has 2 heteroatoms. The molecule has 3 unspecified atom stereocenters. The Labute approximate surface area is 134 Å². The largest absolute Gasteiger partial charge is 2.00 e. The van der Waals surface area contributed by atoms with Crippen LogP contribution in [0.1, 0.15) is 39.5 Å². The van der Waals surface area contributed by atoms with Gasteiger partial charge in [-0.3, -0.25) is 0 Å². The van der Waals surface area contributed by atoms with E-state index in [2.05, 4.69) is 26.3 Å². The van der Waals surface area contributed by atoms with E-state index in [-0.39, 0.29) is 36.9 Å². The third-order valence-corrected chi connectivity index (χ3v) is 4.73. The van der Waals surface area contributed by atoms with E-state index in [4.69, 9.17) is 0 Å². The second kappa shape index (κ2) is 7.11. The molecule has 96 valence electrons. The second-order valence-corrected chi connectivity index (χ2v) is 5.52. The molecule has 2 aliphatic rings. The van der Waals surface area contributed by atoms with E-state index >= 15 is 0 Å². The van der Waals surface area contributed by atoms with Crippen molar-refractivity contribution in [2.45, 2.75) is 39.5 Å². The van der Waals surface area contributed by atoms with Crippen molar-refractivity contribution in [3.63, 3.8) is 0 Å². The smallest absolute Gasteiger partial charge is 0.328 e. The molecule has 18 heavy (non-hydrogen) atoms. The molecular weight excluding hydrogens is 449 g/mol. The van der Waals surface area contributed by atoms with Crippen molar-refractivity contribution < 1.29 is 35.5 Å². The molecule has 3 rings (SSSR count). The Balaban J connectivity index is 0.000000181. The van der Waals surface area contributed by atoms with Gasteiger partial charge in [0.2, 0.25) is 0 Å². The van der Waals surface area contributed by atoms with E-state index in [1.807, 2.05) is 0 Å². The van der Waals surface area contributed by atoms with Crippen molar-refractivity contribution in [3.05, 3.63) is 42.6 Å². The molecule has 0 radical (unpaired) electrons. The molecule has 0 N–H and O–H groups in total. The Kier molecular flexibility index (Phi) is 6.42. The van der Waals surface area contributed by atoms with Crippen molar-refractivity contribution in [2.75, 3.05) is 0 Å². The Bertz CT molecular complexity index is 351. The first kappa shape index (κ1) is 16.3. The molecule has 0 aromatic heterocycles. The fourth-order valence-corrected chi connectivity index (χ4v) is 3.24. The van der Waals surface area contributed by atoms with Gasteiger partial charge in [0.25, 0.3) is 0 Å². The van der Waals surface area contributed by atoms with E-state index in [0.717, 1.165) is 17.3 Å². The van der Waals surface area contributed by atoms with Crippen LogP contribution in [0.3, 0.4) is 0 Å². The van der Waals surface area contributed by atoms with Crippen LogP contribution >= 0.6 is 0 Å². The molecule has 3 atom stereocenters. The molecule has 0 saturated heterocycles. The van der Waals surface area contributed by atoms with Gasteiger partial charge in [-0.1, -0.05) is 25.2 Å². The summed E-state index contributed by atoms with van der Waals surface area (Å²) in [5.41, 5.74) is 0.778. The quantitative estimate of drug-likeness (QED) is 0.484.